The predicted molar refractivity (Wildman–Crippen MR) is 103 cm³/mol. The molecule has 2 N–H and O–H groups in total. The maximum Gasteiger partial charge on any atom is 0.351 e. The molecule has 0 saturated carbocycles. The lowest BCUT2D eigenvalue weighted by molar-refractivity contribution is -0.158. The molecule has 156 valence electrons. The van der Waals surface area contributed by atoms with Crippen LogP contribution < -0.4 is 10.6 Å². The SMILES string of the molecule is O=C(CN1C(=O)c2ccccc2C(F)(F)C1=O)NCCNC(=O)c1ccccc1Cl. The highest BCUT2D eigenvalue weighted by molar-refractivity contribution is 6.33. The van der Waals surface area contributed by atoms with Crippen LogP contribution in [0.25, 0.3) is 0 Å². The molecular weight excluding hydrogens is 420 g/mol. The first-order valence-electron chi connectivity index (χ1n) is 8.86. The molecule has 0 aromatic heterocycles. The van der Waals surface area contributed by atoms with E-state index in [1.165, 1.54) is 24.3 Å². The van der Waals surface area contributed by atoms with Crippen LogP contribution in [-0.2, 0) is 15.5 Å². The molecule has 0 unspecified atom stereocenters. The Hall–Kier alpha value is -3.33. The van der Waals surface area contributed by atoms with Crippen molar-refractivity contribution >= 4 is 35.2 Å². The van der Waals surface area contributed by atoms with Crippen molar-refractivity contribution in [2.45, 2.75) is 5.92 Å². The average molecular weight is 436 g/mol. The summed E-state index contributed by atoms with van der Waals surface area (Å²) in [6.07, 6.45) is 0. The summed E-state index contributed by atoms with van der Waals surface area (Å²) in [6.45, 7) is -0.880. The van der Waals surface area contributed by atoms with Crippen molar-refractivity contribution in [2.24, 2.45) is 0 Å². The standard InChI is InChI=1S/C20H16ClF2N3O4/c21-15-8-4-2-6-13(15)17(28)25-10-9-24-16(27)11-26-18(29)12-5-1-3-7-14(12)20(22,23)19(26)30/h1-8H,9-11H2,(H,24,27)(H,25,28). The molecule has 10 heteroatoms. The zero-order valence-corrected chi connectivity index (χ0v) is 16.2. The van der Waals surface area contributed by atoms with E-state index in [0.717, 1.165) is 6.07 Å². The summed E-state index contributed by atoms with van der Waals surface area (Å²) < 4.78 is 28.6. The van der Waals surface area contributed by atoms with Gasteiger partial charge in [0.2, 0.25) is 5.91 Å². The number of nitrogens with zero attached hydrogens (tertiary/aromatic N) is 1. The van der Waals surface area contributed by atoms with E-state index in [0.29, 0.717) is 0 Å². The lowest BCUT2D eigenvalue weighted by atomic mass is 9.95. The van der Waals surface area contributed by atoms with E-state index in [1.54, 1.807) is 18.2 Å². The second-order valence-corrected chi connectivity index (χ2v) is 6.81. The Morgan fingerprint density at radius 2 is 1.60 bits per heavy atom. The van der Waals surface area contributed by atoms with Crippen molar-refractivity contribution in [3.63, 3.8) is 0 Å². The van der Waals surface area contributed by atoms with Gasteiger partial charge in [-0.25, -0.2) is 0 Å². The predicted octanol–water partition coefficient (Wildman–Crippen LogP) is 1.96. The maximum absolute atomic E-state index is 14.3. The van der Waals surface area contributed by atoms with E-state index in [-0.39, 0.29) is 34.1 Å². The van der Waals surface area contributed by atoms with E-state index in [1.807, 2.05) is 0 Å². The van der Waals surface area contributed by atoms with Gasteiger partial charge in [-0.15, -0.1) is 0 Å². The van der Waals surface area contributed by atoms with Crippen molar-refractivity contribution in [3.8, 4) is 0 Å². The molecule has 0 radical (unpaired) electrons. The summed E-state index contributed by atoms with van der Waals surface area (Å²) in [4.78, 5) is 48.7. The van der Waals surface area contributed by atoms with Crippen molar-refractivity contribution in [1.29, 1.82) is 0 Å². The summed E-state index contributed by atoms with van der Waals surface area (Å²) >= 11 is 5.92. The van der Waals surface area contributed by atoms with Gasteiger partial charge < -0.3 is 10.6 Å². The van der Waals surface area contributed by atoms with Gasteiger partial charge in [0.05, 0.1) is 10.6 Å². The van der Waals surface area contributed by atoms with Crippen LogP contribution in [0.15, 0.2) is 48.5 Å². The van der Waals surface area contributed by atoms with Gasteiger partial charge in [-0.2, -0.15) is 8.78 Å². The van der Waals surface area contributed by atoms with E-state index >= 15 is 0 Å². The molecule has 1 heterocycles. The number of hydrogen-bond donors (Lipinski definition) is 2. The first-order chi connectivity index (χ1) is 14.2. The minimum absolute atomic E-state index is 0.0245. The lowest BCUT2D eigenvalue weighted by Gasteiger charge is -2.31. The van der Waals surface area contributed by atoms with Crippen LogP contribution in [0.3, 0.4) is 0 Å². The molecule has 4 amide bonds. The Morgan fingerprint density at radius 1 is 0.967 bits per heavy atom. The van der Waals surface area contributed by atoms with Gasteiger partial charge in [0.25, 0.3) is 11.8 Å². The summed E-state index contributed by atoms with van der Waals surface area (Å²) in [7, 11) is 0. The average Bonchev–Trinajstić information content (AvgIpc) is 2.73. The van der Waals surface area contributed by atoms with Crippen LogP contribution in [0.1, 0.15) is 26.3 Å². The van der Waals surface area contributed by atoms with Gasteiger partial charge in [-0.3, -0.25) is 24.1 Å². The van der Waals surface area contributed by atoms with E-state index in [4.69, 9.17) is 11.6 Å². The zero-order valence-electron chi connectivity index (χ0n) is 15.5. The molecule has 0 fully saturated rings. The monoisotopic (exact) mass is 435 g/mol. The fourth-order valence-electron chi connectivity index (χ4n) is 2.93. The van der Waals surface area contributed by atoms with Gasteiger partial charge in [0.15, 0.2) is 0 Å². The van der Waals surface area contributed by atoms with E-state index < -0.39 is 41.7 Å². The van der Waals surface area contributed by atoms with Crippen LogP contribution in [0.5, 0.6) is 0 Å². The number of alkyl halides is 2. The third-order valence-electron chi connectivity index (χ3n) is 4.41. The largest absolute Gasteiger partial charge is 0.353 e. The highest BCUT2D eigenvalue weighted by Crippen LogP contribution is 2.37. The minimum Gasteiger partial charge on any atom is -0.353 e. The Balaban J connectivity index is 1.55. The molecule has 1 aliphatic heterocycles. The minimum atomic E-state index is -3.91. The Morgan fingerprint density at radius 3 is 2.33 bits per heavy atom. The fourth-order valence-corrected chi connectivity index (χ4v) is 3.15. The first kappa shape index (κ1) is 21.4. The lowest BCUT2D eigenvalue weighted by Crippen LogP contribution is -2.53. The smallest absolute Gasteiger partial charge is 0.351 e. The molecule has 1 aliphatic rings. The number of imide groups is 1. The molecule has 2 aromatic carbocycles. The molecule has 0 aliphatic carbocycles. The normalized spacial score (nSPS) is 14.8. The number of rotatable bonds is 6. The van der Waals surface area contributed by atoms with Gasteiger partial charge >= 0.3 is 11.8 Å². The summed E-state index contributed by atoms with van der Waals surface area (Å²) in [5.74, 6) is -7.91. The number of hydrogen-bond acceptors (Lipinski definition) is 4. The highest BCUT2D eigenvalue weighted by atomic mass is 35.5. The Kier molecular flexibility index (Phi) is 6.12. The second kappa shape index (κ2) is 8.58. The molecule has 30 heavy (non-hydrogen) atoms. The number of halogens is 3. The quantitative estimate of drug-likeness (QED) is 0.535. The van der Waals surface area contributed by atoms with Gasteiger partial charge in [0, 0.05) is 24.2 Å². The molecule has 0 saturated heterocycles. The molecular formula is C20H16ClF2N3O4. The molecule has 7 nitrogen and oxygen atoms in total. The molecule has 3 rings (SSSR count). The fraction of sp³-hybridized carbons (Fsp3) is 0.200. The van der Waals surface area contributed by atoms with Crippen LogP contribution in [-0.4, -0.2) is 48.2 Å². The van der Waals surface area contributed by atoms with Crippen molar-refractivity contribution in [3.05, 3.63) is 70.2 Å². The van der Waals surface area contributed by atoms with Crippen molar-refractivity contribution in [2.75, 3.05) is 19.6 Å². The Labute approximate surface area is 175 Å². The summed E-state index contributed by atoms with van der Waals surface area (Å²) in [6, 6.07) is 11.3. The molecule has 2 aromatic rings. The molecule has 0 spiro atoms. The van der Waals surface area contributed by atoms with Gasteiger partial charge in [0.1, 0.15) is 6.54 Å². The number of fused-ring (bicyclic) bond motifs is 1. The van der Waals surface area contributed by atoms with Crippen LogP contribution in [0.4, 0.5) is 8.78 Å². The number of benzene rings is 2. The number of amides is 4. The second-order valence-electron chi connectivity index (χ2n) is 6.40. The maximum atomic E-state index is 14.3. The van der Waals surface area contributed by atoms with Gasteiger partial charge in [-0.1, -0.05) is 41.9 Å². The number of nitrogens with one attached hydrogen (secondary N) is 2. The molecule has 0 bridgehead atoms. The third-order valence-corrected chi connectivity index (χ3v) is 4.74. The topological polar surface area (TPSA) is 95.6 Å². The van der Waals surface area contributed by atoms with Crippen LogP contribution >= 0.6 is 11.6 Å². The van der Waals surface area contributed by atoms with Crippen LogP contribution in [0, 0.1) is 0 Å². The van der Waals surface area contributed by atoms with Gasteiger partial charge in [-0.05, 0) is 18.2 Å². The third kappa shape index (κ3) is 4.16. The van der Waals surface area contributed by atoms with E-state index in [2.05, 4.69) is 10.6 Å². The first-order valence-corrected chi connectivity index (χ1v) is 9.24. The molecule has 0 atom stereocenters. The van der Waals surface area contributed by atoms with E-state index in [9.17, 15) is 28.0 Å². The number of carbonyl (C=O) groups is 4. The summed E-state index contributed by atoms with van der Waals surface area (Å²) in [5, 5.41) is 5.17. The number of carbonyl (C=O) groups excluding carboxylic acids is 4. The van der Waals surface area contributed by atoms with Crippen molar-refractivity contribution < 1.29 is 28.0 Å². The zero-order chi connectivity index (χ0) is 21.9. The Bertz CT molecular complexity index is 1030. The van der Waals surface area contributed by atoms with Crippen molar-refractivity contribution in [1.82, 2.24) is 15.5 Å². The van der Waals surface area contributed by atoms with Crippen LogP contribution in [0.2, 0.25) is 5.02 Å². The summed E-state index contributed by atoms with van der Waals surface area (Å²) in [5.41, 5.74) is -0.753. The highest BCUT2D eigenvalue weighted by Gasteiger charge is 2.52.